The van der Waals surface area contributed by atoms with Crippen LogP contribution in [0, 0.1) is 12.7 Å². The Morgan fingerprint density at radius 2 is 1.95 bits per heavy atom. The molecule has 0 aliphatic heterocycles. The molecule has 0 aliphatic rings. The van der Waals surface area contributed by atoms with Gasteiger partial charge in [-0.15, -0.1) is 0 Å². The normalized spacial score (nSPS) is 10.7. The summed E-state index contributed by atoms with van der Waals surface area (Å²) in [5, 5.41) is 12.0. The van der Waals surface area contributed by atoms with Crippen LogP contribution in [0.25, 0.3) is 0 Å². The lowest BCUT2D eigenvalue weighted by Crippen LogP contribution is -2.16. The minimum atomic E-state index is -0.743. The van der Waals surface area contributed by atoms with Crippen molar-refractivity contribution in [2.75, 3.05) is 5.32 Å². The lowest BCUT2D eigenvalue weighted by Gasteiger charge is -2.16. The van der Waals surface area contributed by atoms with Crippen molar-refractivity contribution in [2.45, 2.75) is 26.7 Å². The van der Waals surface area contributed by atoms with Gasteiger partial charge >= 0.3 is 0 Å². The second-order valence-electron chi connectivity index (χ2n) is 5.31. The highest BCUT2D eigenvalue weighted by Crippen LogP contribution is 2.28. The van der Waals surface area contributed by atoms with Crippen molar-refractivity contribution >= 4 is 11.6 Å². The second kappa shape index (κ2) is 5.95. The van der Waals surface area contributed by atoms with Crippen molar-refractivity contribution in [2.24, 2.45) is 0 Å². The number of aryl methyl sites for hydroxylation is 1. The van der Waals surface area contributed by atoms with Crippen molar-refractivity contribution in [3.05, 3.63) is 58.9 Å². The average molecular weight is 287 g/mol. The van der Waals surface area contributed by atoms with Crippen LogP contribution in [-0.2, 0) is 0 Å². The van der Waals surface area contributed by atoms with Crippen LogP contribution < -0.4 is 5.32 Å². The third-order valence-electron chi connectivity index (χ3n) is 3.36. The summed E-state index contributed by atoms with van der Waals surface area (Å²) < 4.78 is 13.7. The van der Waals surface area contributed by atoms with E-state index in [1.165, 1.54) is 12.1 Å². The molecule has 0 unspecified atom stereocenters. The maximum atomic E-state index is 13.7. The highest BCUT2D eigenvalue weighted by atomic mass is 19.1. The van der Waals surface area contributed by atoms with E-state index in [9.17, 15) is 14.3 Å². The Hall–Kier alpha value is -2.36. The fraction of sp³-hybridized carbons (Fsp3) is 0.235. The van der Waals surface area contributed by atoms with E-state index in [1.54, 1.807) is 0 Å². The zero-order valence-corrected chi connectivity index (χ0v) is 12.3. The monoisotopic (exact) mass is 287 g/mol. The Kier molecular flexibility index (Phi) is 4.26. The summed E-state index contributed by atoms with van der Waals surface area (Å²) >= 11 is 0. The molecule has 0 radical (unpaired) electrons. The van der Waals surface area contributed by atoms with Gasteiger partial charge in [-0.25, -0.2) is 4.39 Å². The van der Waals surface area contributed by atoms with Crippen LogP contribution in [0.15, 0.2) is 36.4 Å². The Bertz CT molecular complexity index is 680. The van der Waals surface area contributed by atoms with Gasteiger partial charge in [0.15, 0.2) is 0 Å². The van der Waals surface area contributed by atoms with E-state index in [0.717, 1.165) is 17.2 Å². The Morgan fingerprint density at radius 1 is 1.24 bits per heavy atom. The molecule has 110 valence electrons. The molecule has 2 N–H and O–H groups in total. The zero-order chi connectivity index (χ0) is 15.6. The molecule has 2 aromatic carbocycles. The Labute approximate surface area is 123 Å². The van der Waals surface area contributed by atoms with Gasteiger partial charge in [-0.2, -0.15) is 0 Å². The van der Waals surface area contributed by atoms with Crippen LogP contribution >= 0.6 is 0 Å². The number of phenols is 1. The van der Waals surface area contributed by atoms with Crippen molar-refractivity contribution in [3.63, 3.8) is 0 Å². The molecule has 1 amide bonds. The molecule has 0 bridgehead atoms. The summed E-state index contributed by atoms with van der Waals surface area (Å²) in [5.74, 6) is -1.23. The molecule has 4 heteroatoms. The highest BCUT2D eigenvalue weighted by molar-refractivity contribution is 6.05. The predicted molar refractivity (Wildman–Crippen MR) is 81.3 cm³/mol. The van der Waals surface area contributed by atoms with E-state index in [4.69, 9.17) is 0 Å². The summed E-state index contributed by atoms with van der Waals surface area (Å²) in [6.45, 7) is 5.96. The number of carbonyl (C=O) groups is 1. The van der Waals surface area contributed by atoms with Crippen molar-refractivity contribution < 1.29 is 14.3 Å². The topological polar surface area (TPSA) is 49.3 Å². The Morgan fingerprint density at radius 3 is 2.57 bits per heavy atom. The third kappa shape index (κ3) is 3.21. The van der Waals surface area contributed by atoms with Gasteiger partial charge in [-0.3, -0.25) is 4.79 Å². The van der Waals surface area contributed by atoms with Crippen LogP contribution in [-0.4, -0.2) is 11.0 Å². The van der Waals surface area contributed by atoms with Gasteiger partial charge in [0.1, 0.15) is 11.6 Å². The second-order valence-corrected chi connectivity index (χ2v) is 5.31. The molecule has 0 heterocycles. The van der Waals surface area contributed by atoms with Crippen molar-refractivity contribution in [1.82, 2.24) is 0 Å². The molecule has 0 saturated heterocycles. The van der Waals surface area contributed by atoms with E-state index in [-0.39, 0.29) is 17.2 Å². The third-order valence-corrected chi connectivity index (χ3v) is 3.36. The van der Waals surface area contributed by atoms with Gasteiger partial charge in [0.25, 0.3) is 5.91 Å². The minimum absolute atomic E-state index is 0.0919. The first-order valence-electron chi connectivity index (χ1n) is 6.79. The molecule has 21 heavy (non-hydrogen) atoms. The first kappa shape index (κ1) is 15.0. The summed E-state index contributed by atoms with van der Waals surface area (Å²) in [6.07, 6.45) is 0. The van der Waals surface area contributed by atoms with Gasteiger partial charge in [0, 0.05) is 11.8 Å². The maximum Gasteiger partial charge on any atom is 0.258 e. The van der Waals surface area contributed by atoms with E-state index >= 15 is 0 Å². The van der Waals surface area contributed by atoms with Crippen molar-refractivity contribution in [1.29, 1.82) is 0 Å². The number of rotatable bonds is 3. The standard InChI is InChI=1S/C17H18FNO2/c1-10(2)13-6-4-5-11(3)16(13)19-17(21)14-8-7-12(20)9-15(14)18/h4-10,20H,1-3H3,(H,19,21). The minimum Gasteiger partial charge on any atom is -0.508 e. The number of phenolic OH excluding ortho intramolecular Hbond substituents is 1. The number of benzene rings is 2. The summed E-state index contributed by atoms with van der Waals surface area (Å²) in [4.78, 5) is 12.2. The molecule has 0 spiro atoms. The molecule has 0 aliphatic carbocycles. The fourth-order valence-electron chi connectivity index (χ4n) is 2.21. The smallest absolute Gasteiger partial charge is 0.258 e. The summed E-state index contributed by atoms with van der Waals surface area (Å²) in [5.41, 5.74) is 2.55. The maximum absolute atomic E-state index is 13.7. The number of nitrogens with one attached hydrogen (secondary N) is 1. The molecule has 0 aromatic heterocycles. The van der Waals surface area contributed by atoms with Gasteiger partial charge < -0.3 is 10.4 Å². The average Bonchev–Trinajstić information content (AvgIpc) is 2.40. The largest absolute Gasteiger partial charge is 0.508 e. The zero-order valence-electron chi connectivity index (χ0n) is 12.3. The van der Waals surface area contributed by atoms with Crippen molar-refractivity contribution in [3.8, 4) is 5.75 Å². The van der Waals surface area contributed by atoms with Gasteiger partial charge in [-0.1, -0.05) is 32.0 Å². The van der Waals surface area contributed by atoms with Gasteiger partial charge in [0.05, 0.1) is 5.56 Å². The first-order chi connectivity index (χ1) is 9.90. The molecule has 0 atom stereocenters. The molecule has 0 fully saturated rings. The number of amides is 1. The van der Waals surface area contributed by atoms with Gasteiger partial charge in [0.2, 0.25) is 0 Å². The van der Waals surface area contributed by atoms with E-state index in [1.807, 2.05) is 39.0 Å². The number of anilines is 1. The fourth-order valence-corrected chi connectivity index (χ4v) is 2.21. The first-order valence-corrected chi connectivity index (χ1v) is 6.79. The quantitative estimate of drug-likeness (QED) is 0.888. The van der Waals surface area contributed by atoms with E-state index in [2.05, 4.69) is 5.32 Å². The van der Waals surface area contributed by atoms with Crippen LogP contribution in [0.1, 0.15) is 41.3 Å². The predicted octanol–water partition coefficient (Wildman–Crippen LogP) is 4.22. The lowest BCUT2D eigenvalue weighted by atomic mass is 9.98. The van der Waals surface area contributed by atoms with E-state index < -0.39 is 11.7 Å². The number of halogens is 1. The van der Waals surface area contributed by atoms with Gasteiger partial charge in [-0.05, 0) is 36.1 Å². The van der Waals surface area contributed by atoms with Crippen LogP contribution in [0.5, 0.6) is 5.75 Å². The molecular formula is C17H18FNO2. The van der Waals surface area contributed by atoms with Crippen LogP contribution in [0.2, 0.25) is 0 Å². The molecule has 2 rings (SSSR count). The SMILES string of the molecule is Cc1cccc(C(C)C)c1NC(=O)c1ccc(O)cc1F. The molecule has 0 saturated carbocycles. The van der Waals surface area contributed by atoms with Crippen LogP contribution in [0.3, 0.4) is 0 Å². The lowest BCUT2D eigenvalue weighted by molar-refractivity contribution is 0.102. The number of carbonyl (C=O) groups excluding carboxylic acids is 1. The summed E-state index contributed by atoms with van der Waals surface area (Å²) in [7, 11) is 0. The number of aromatic hydroxyl groups is 1. The van der Waals surface area contributed by atoms with E-state index in [0.29, 0.717) is 5.69 Å². The Balaban J connectivity index is 2.36. The summed E-state index contributed by atoms with van der Waals surface area (Å²) in [6, 6.07) is 9.26. The number of hydrogen-bond acceptors (Lipinski definition) is 2. The van der Waals surface area contributed by atoms with Crippen LogP contribution in [0.4, 0.5) is 10.1 Å². The number of para-hydroxylation sites is 1. The number of hydrogen-bond donors (Lipinski definition) is 2. The molecule has 2 aromatic rings. The highest BCUT2D eigenvalue weighted by Gasteiger charge is 2.16. The molecular weight excluding hydrogens is 269 g/mol. The molecule has 3 nitrogen and oxygen atoms in total.